The number of hydrogen-bond acceptors (Lipinski definition) is 4. The van der Waals surface area contributed by atoms with Crippen molar-refractivity contribution in [3.05, 3.63) is 53.3 Å². The lowest BCUT2D eigenvalue weighted by Gasteiger charge is -2.03. The summed E-state index contributed by atoms with van der Waals surface area (Å²) in [5, 5.41) is 0. The molecular weight excluding hydrogens is 449 g/mol. The molecule has 0 N–H and O–H groups in total. The van der Waals surface area contributed by atoms with Gasteiger partial charge in [-0.3, -0.25) is 0 Å². The van der Waals surface area contributed by atoms with Crippen LogP contribution in [0.2, 0.25) is 0 Å². The van der Waals surface area contributed by atoms with Crippen LogP contribution in [0.15, 0.2) is 47.7 Å². The maximum absolute atomic E-state index is 2.23. The van der Waals surface area contributed by atoms with Crippen LogP contribution in [-0.2, 0) is 7.05 Å². The summed E-state index contributed by atoms with van der Waals surface area (Å²) in [7, 11) is 2.05. The summed E-state index contributed by atoms with van der Waals surface area (Å²) < 4.78 is 4.97. The molecule has 0 spiro atoms. The van der Waals surface area contributed by atoms with Crippen LogP contribution in [0.25, 0.3) is 4.91 Å². The molecule has 112 valence electrons. The summed E-state index contributed by atoms with van der Waals surface area (Å²) >= 11 is 7.69. The zero-order valence-corrected chi connectivity index (χ0v) is 17.7. The van der Waals surface area contributed by atoms with E-state index in [-0.39, 0.29) is 24.0 Å². The van der Waals surface area contributed by atoms with Crippen LogP contribution in [0.3, 0.4) is 0 Å². The van der Waals surface area contributed by atoms with Gasteiger partial charge in [0.05, 0.1) is 8.47 Å². The van der Waals surface area contributed by atoms with Gasteiger partial charge in [0.1, 0.15) is 7.05 Å². The van der Waals surface area contributed by atoms with E-state index in [1.165, 1.54) is 33.7 Å². The molecule has 21 heavy (non-hydrogen) atoms. The Labute approximate surface area is 160 Å². The molecule has 1 aromatic rings. The molecule has 3 rings (SSSR count). The molecule has 6 heteroatoms. The quantitative estimate of drug-likeness (QED) is 0.464. The van der Waals surface area contributed by atoms with Crippen molar-refractivity contribution >= 4 is 52.0 Å². The lowest BCUT2D eigenvalue weighted by molar-refractivity contribution is -0.671. The Morgan fingerprint density at radius 3 is 1.81 bits per heavy atom. The van der Waals surface area contributed by atoms with Crippen LogP contribution in [0, 0.1) is 0 Å². The van der Waals surface area contributed by atoms with Crippen molar-refractivity contribution in [3.8, 4) is 0 Å². The third-order valence-corrected chi connectivity index (χ3v) is 8.97. The van der Waals surface area contributed by atoms with Crippen LogP contribution in [-0.4, -0.2) is 0 Å². The van der Waals surface area contributed by atoms with Crippen molar-refractivity contribution < 1.29 is 28.5 Å². The molecule has 0 fully saturated rings. The third-order valence-electron chi connectivity index (χ3n) is 3.16. The molecule has 0 aliphatic carbocycles. The summed E-state index contributed by atoms with van der Waals surface area (Å²) in [5.74, 6) is 0. The van der Waals surface area contributed by atoms with Crippen molar-refractivity contribution in [1.29, 1.82) is 0 Å². The fraction of sp³-hybridized carbons (Fsp3) is 0.267. The van der Waals surface area contributed by atoms with Crippen molar-refractivity contribution in [1.82, 2.24) is 0 Å². The van der Waals surface area contributed by atoms with E-state index in [1.54, 1.807) is 0 Å². The zero-order chi connectivity index (χ0) is 14.3. The van der Waals surface area contributed by atoms with Gasteiger partial charge in [-0.15, -0.1) is 0 Å². The van der Waals surface area contributed by atoms with E-state index in [0.717, 1.165) is 0 Å². The maximum atomic E-state index is 2.23. The molecular formula is C15H16INS4. The second kappa shape index (κ2) is 7.38. The van der Waals surface area contributed by atoms with Gasteiger partial charge in [0.25, 0.3) is 0 Å². The van der Waals surface area contributed by atoms with Gasteiger partial charge in [0, 0.05) is 27.5 Å². The fourth-order valence-electron chi connectivity index (χ4n) is 1.89. The Morgan fingerprint density at radius 2 is 1.24 bits per heavy atom. The van der Waals surface area contributed by atoms with Gasteiger partial charge >= 0.3 is 0 Å². The van der Waals surface area contributed by atoms with E-state index in [2.05, 4.69) is 56.9 Å². The van der Waals surface area contributed by atoms with Crippen molar-refractivity contribution in [3.63, 3.8) is 0 Å². The van der Waals surface area contributed by atoms with Crippen LogP contribution < -0.4 is 28.5 Å². The fourth-order valence-corrected chi connectivity index (χ4v) is 7.35. The van der Waals surface area contributed by atoms with E-state index in [9.17, 15) is 0 Å². The average Bonchev–Trinajstić information content (AvgIpc) is 2.95. The number of aryl methyl sites for hydroxylation is 1. The van der Waals surface area contributed by atoms with Crippen molar-refractivity contribution in [2.75, 3.05) is 0 Å². The highest BCUT2D eigenvalue weighted by atomic mass is 127. The van der Waals surface area contributed by atoms with E-state index in [4.69, 9.17) is 0 Å². The molecule has 2 aliphatic rings. The highest BCUT2D eigenvalue weighted by molar-refractivity contribution is 8.35. The van der Waals surface area contributed by atoms with Gasteiger partial charge in [-0.25, -0.2) is 4.57 Å². The van der Waals surface area contributed by atoms with E-state index in [1.807, 2.05) is 47.0 Å². The minimum Gasteiger partial charge on any atom is -1.00 e. The first-order valence-corrected chi connectivity index (χ1v) is 9.61. The number of halogens is 1. The summed E-state index contributed by atoms with van der Waals surface area (Å²) in [4.78, 5) is 5.70. The number of allylic oxidation sites excluding steroid dienone is 3. The van der Waals surface area contributed by atoms with Crippen LogP contribution in [0.4, 0.5) is 0 Å². The largest absolute Gasteiger partial charge is 1.00 e. The van der Waals surface area contributed by atoms with Gasteiger partial charge in [-0.05, 0) is 30.6 Å². The normalized spacial score (nSPS) is 18.7. The topological polar surface area (TPSA) is 3.88 Å². The molecule has 2 aliphatic heterocycles. The van der Waals surface area contributed by atoms with Crippen molar-refractivity contribution in [2.24, 2.45) is 7.05 Å². The molecule has 0 bridgehead atoms. The minimum absolute atomic E-state index is 0. The molecule has 3 heterocycles. The minimum atomic E-state index is 0. The summed E-state index contributed by atoms with van der Waals surface area (Å²) in [5.41, 5.74) is 1.32. The van der Waals surface area contributed by atoms with Crippen LogP contribution >= 0.6 is 47.0 Å². The van der Waals surface area contributed by atoms with Crippen LogP contribution in [0.5, 0.6) is 0 Å². The predicted octanol–water partition coefficient (Wildman–Crippen LogP) is 2.54. The molecule has 1 aromatic heterocycles. The van der Waals surface area contributed by atoms with E-state index in [0.29, 0.717) is 0 Å². The van der Waals surface area contributed by atoms with E-state index < -0.39 is 0 Å². The smallest absolute Gasteiger partial charge is 0.169 e. The molecule has 0 saturated carbocycles. The van der Waals surface area contributed by atoms with E-state index >= 15 is 0 Å². The van der Waals surface area contributed by atoms with Gasteiger partial charge in [0.15, 0.2) is 12.4 Å². The molecule has 1 nitrogen and oxygen atoms in total. The summed E-state index contributed by atoms with van der Waals surface area (Å²) in [6.45, 7) is 6.65. The Bertz CT molecular complexity index is 643. The standard InChI is InChI=1S/C15H16NS4.HI/c1-9-10(2)18-14(17-9)15-19-11(3)13(20-15)12-5-7-16(4)8-6-12;/h5-8H,1-4H3;1H/q+1;/p-1. The highest BCUT2D eigenvalue weighted by Crippen LogP contribution is 2.61. The van der Waals surface area contributed by atoms with Crippen molar-refractivity contribution in [2.45, 2.75) is 20.8 Å². The monoisotopic (exact) mass is 465 g/mol. The Hall–Kier alpha value is 0.500. The Balaban J connectivity index is 0.00000161. The summed E-state index contributed by atoms with van der Waals surface area (Å²) in [6.07, 6.45) is 4.22. The number of thioether (sulfide) groups is 4. The zero-order valence-electron chi connectivity index (χ0n) is 12.3. The number of pyridine rings is 1. The molecule has 0 unspecified atom stereocenters. The molecule has 0 aromatic carbocycles. The molecule has 0 radical (unpaired) electrons. The molecule has 0 atom stereocenters. The number of rotatable bonds is 1. The predicted molar refractivity (Wildman–Crippen MR) is 96.0 cm³/mol. The van der Waals surface area contributed by atoms with Gasteiger partial charge in [0.2, 0.25) is 0 Å². The first kappa shape index (κ1) is 17.8. The molecule has 0 amide bonds. The maximum Gasteiger partial charge on any atom is 0.169 e. The number of hydrogen-bond donors (Lipinski definition) is 0. The number of nitrogens with zero attached hydrogens (tertiary/aromatic N) is 1. The highest BCUT2D eigenvalue weighted by Gasteiger charge is 2.26. The first-order chi connectivity index (χ1) is 9.54. The number of aromatic nitrogens is 1. The Kier molecular flexibility index (Phi) is 6.27. The van der Waals surface area contributed by atoms with Gasteiger partial charge in [-0.1, -0.05) is 47.0 Å². The first-order valence-electron chi connectivity index (χ1n) is 6.34. The SMILES string of the molecule is CC1=C(C)SC(=C2SC(C)=C(c3cc[n+](C)cc3)S2)S1.[I-]. The second-order valence-corrected chi connectivity index (χ2v) is 9.94. The third kappa shape index (κ3) is 3.88. The molecule has 0 saturated heterocycles. The van der Waals surface area contributed by atoms with Gasteiger partial charge in [-0.2, -0.15) is 0 Å². The second-order valence-electron chi connectivity index (χ2n) is 4.73. The Morgan fingerprint density at radius 1 is 0.762 bits per heavy atom. The van der Waals surface area contributed by atoms with Crippen LogP contribution in [0.1, 0.15) is 26.3 Å². The average molecular weight is 465 g/mol. The summed E-state index contributed by atoms with van der Waals surface area (Å²) in [6, 6.07) is 4.40. The van der Waals surface area contributed by atoms with Gasteiger partial charge < -0.3 is 24.0 Å². The lowest BCUT2D eigenvalue weighted by atomic mass is 10.2. The lowest BCUT2D eigenvalue weighted by Crippen LogP contribution is -3.00.